The third-order valence-corrected chi connectivity index (χ3v) is 3.17. The highest BCUT2D eigenvalue weighted by molar-refractivity contribution is 5.47. The van der Waals surface area contributed by atoms with Crippen molar-refractivity contribution in [3.8, 4) is 0 Å². The van der Waals surface area contributed by atoms with E-state index in [2.05, 4.69) is 10.3 Å². The zero-order chi connectivity index (χ0) is 16.3. The van der Waals surface area contributed by atoms with Crippen LogP contribution in [0.15, 0.2) is 24.3 Å². The lowest BCUT2D eigenvalue weighted by Gasteiger charge is -2.13. The van der Waals surface area contributed by atoms with Gasteiger partial charge in [-0.1, -0.05) is 12.1 Å². The van der Waals surface area contributed by atoms with Crippen LogP contribution < -0.4 is 10.2 Å². The van der Waals surface area contributed by atoms with Gasteiger partial charge in [0.05, 0.1) is 0 Å². The van der Waals surface area contributed by atoms with Gasteiger partial charge in [-0.05, 0) is 24.1 Å². The molecule has 0 amide bonds. The lowest BCUT2D eigenvalue weighted by Crippen LogP contribution is -2.12. The maximum absolute atomic E-state index is 13.4. The molecule has 0 fully saturated rings. The lowest BCUT2D eigenvalue weighted by molar-refractivity contribution is 0.410. The molecule has 1 aromatic heterocycles. The van der Waals surface area contributed by atoms with Crippen molar-refractivity contribution >= 4 is 11.4 Å². The Morgan fingerprint density at radius 3 is 2.00 bits per heavy atom. The van der Waals surface area contributed by atoms with Crippen LogP contribution in [0.4, 0.5) is 28.9 Å². The lowest BCUT2D eigenvalue weighted by atomic mass is 10.1. The minimum absolute atomic E-state index is 0.123. The van der Waals surface area contributed by atoms with Gasteiger partial charge in [0.1, 0.15) is 5.69 Å². The Hall–Kier alpha value is -2.31. The van der Waals surface area contributed by atoms with Crippen LogP contribution in [0.25, 0.3) is 0 Å². The first-order valence-electron chi connectivity index (χ1n) is 6.60. The van der Waals surface area contributed by atoms with Crippen LogP contribution in [-0.2, 0) is 6.42 Å². The Balaban J connectivity index is 2.02. The molecule has 1 aromatic carbocycles. The number of halogens is 4. The van der Waals surface area contributed by atoms with E-state index in [1.165, 1.54) is 0 Å². The van der Waals surface area contributed by atoms with Gasteiger partial charge >= 0.3 is 0 Å². The summed E-state index contributed by atoms with van der Waals surface area (Å²) in [6.45, 7) is 0.123. The molecular formula is C15H15F4N3. The van der Waals surface area contributed by atoms with Crippen molar-refractivity contribution in [2.45, 2.75) is 6.42 Å². The fourth-order valence-electron chi connectivity index (χ4n) is 1.93. The average molecular weight is 313 g/mol. The number of nitrogens with zero attached hydrogens (tertiary/aromatic N) is 2. The Kier molecular flexibility index (Phi) is 4.85. The zero-order valence-corrected chi connectivity index (χ0v) is 12.1. The quantitative estimate of drug-likeness (QED) is 0.678. The van der Waals surface area contributed by atoms with Crippen molar-refractivity contribution in [2.75, 3.05) is 30.9 Å². The monoisotopic (exact) mass is 313 g/mol. The molecule has 0 atom stereocenters. The van der Waals surface area contributed by atoms with E-state index >= 15 is 0 Å². The maximum atomic E-state index is 13.4. The van der Waals surface area contributed by atoms with Crippen molar-refractivity contribution in [3.63, 3.8) is 0 Å². The summed E-state index contributed by atoms with van der Waals surface area (Å²) in [5, 5.41) is 2.37. The van der Waals surface area contributed by atoms with Gasteiger partial charge in [-0.25, -0.2) is 0 Å². The molecule has 1 N–H and O–H groups in total. The van der Waals surface area contributed by atoms with E-state index in [1.54, 1.807) is 0 Å². The van der Waals surface area contributed by atoms with Crippen LogP contribution in [0.5, 0.6) is 0 Å². The van der Waals surface area contributed by atoms with Crippen molar-refractivity contribution in [1.29, 1.82) is 0 Å². The van der Waals surface area contributed by atoms with Crippen LogP contribution in [0.2, 0.25) is 0 Å². The van der Waals surface area contributed by atoms with E-state index in [0.717, 1.165) is 11.3 Å². The van der Waals surface area contributed by atoms with Crippen molar-refractivity contribution in [1.82, 2.24) is 4.98 Å². The molecule has 3 nitrogen and oxygen atoms in total. The van der Waals surface area contributed by atoms with E-state index in [1.807, 2.05) is 43.3 Å². The van der Waals surface area contributed by atoms with Gasteiger partial charge in [0, 0.05) is 26.3 Å². The number of benzene rings is 1. The number of aromatic nitrogens is 1. The number of pyridine rings is 1. The van der Waals surface area contributed by atoms with Crippen LogP contribution in [0, 0.1) is 23.5 Å². The number of hydrogen-bond donors (Lipinski definition) is 1. The molecule has 2 aromatic rings. The van der Waals surface area contributed by atoms with Crippen molar-refractivity contribution in [3.05, 3.63) is 53.4 Å². The summed E-state index contributed by atoms with van der Waals surface area (Å²) in [7, 11) is 3.82. The Bertz CT molecular complexity index is 631. The van der Waals surface area contributed by atoms with Crippen LogP contribution >= 0.6 is 0 Å². The van der Waals surface area contributed by atoms with E-state index in [-0.39, 0.29) is 6.54 Å². The van der Waals surface area contributed by atoms with Gasteiger partial charge in [0.2, 0.25) is 11.6 Å². The Morgan fingerprint density at radius 1 is 0.955 bits per heavy atom. The van der Waals surface area contributed by atoms with Crippen molar-refractivity contribution < 1.29 is 17.6 Å². The summed E-state index contributed by atoms with van der Waals surface area (Å²) in [6.07, 6.45) is 0.443. The number of nitrogens with one attached hydrogen (secondary N) is 1. The van der Waals surface area contributed by atoms with E-state index in [9.17, 15) is 17.6 Å². The Labute approximate surface area is 125 Å². The molecule has 0 aliphatic rings. The molecule has 0 bridgehead atoms. The SMILES string of the molecule is CN(C)c1ccc(CCNc2c(F)c(F)nc(F)c2F)cc1. The molecule has 0 radical (unpaired) electrons. The Morgan fingerprint density at radius 2 is 1.50 bits per heavy atom. The summed E-state index contributed by atoms with van der Waals surface area (Å²) >= 11 is 0. The molecule has 0 spiro atoms. The fraction of sp³-hybridized carbons (Fsp3) is 0.267. The normalized spacial score (nSPS) is 10.6. The first kappa shape index (κ1) is 16.1. The largest absolute Gasteiger partial charge is 0.380 e. The summed E-state index contributed by atoms with van der Waals surface area (Å²) in [6, 6.07) is 7.55. The molecule has 118 valence electrons. The second-order valence-corrected chi connectivity index (χ2v) is 4.93. The zero-order valence-electron chi connectivity index (χ0n) is 12.1. The molecule has 0 aliphatic carbocycles. The smallest absolute Gasteiger partial charge is 0.253 e. The summed E-state index contributed by atoms with van der Waals surface area (Å²) in [5.74, 6) is -6.39. The summed E-state index contributed by atoms with van der Waals surface area (Å²) < 4.78 is 52.7. The molecule has 0 unspecified atom stereocenters. The molecular weight excluding hydrogens is 298 g/mol. The highest BCUT2D eigenvalue weighted by Gasteiger charge is 2.20. The third kappa shape index (κ3) is 3.47. The van der Waals surface area contributed by atoms with Gasteiger partial charge in [-0.3, -0.25) is 0 Å². The van der Waals surface area contributed by atoms with E-state index in [0.29, 0.717) is 6.42 Å². The van der Waals surface area contributed by atoms with Crippen LogP contribution in [-0.4, -0.2) is 25.6 Å². The molecule has 0 saturated carbocycles. The predicted octanol–water partition coefficient (Wildman–Crippen LogP) is 3.36. The summed E-state index contributed by atoms with van der Waals surface area (Å²) in [5.41, 5.74) is 1.11. The van der Waals surface area contributed by atoms with Gasteiger partial charge < -0.3 is 10.2 Å². The van der Waals surface area contributed by atoms with E-state index < -0.39 is 29.2 Å². The molecule has 22 heavy (non-hydrogen) atoms. The second-order valence-electron chi connectivity index (χ2n) is 4.93. The molecule has 0 aliphatic heterocycles. The van der Waals surface area contributed by atoms with Crippen LogP contribution in [0.1, 0.15) is 5.56 Å². The maximum Gasteiger partial charge on any atom is 0.253 e. The summed E-state index contributed by atoms with van der Waals surface area (Å²) in [4.78, 5) is 4.44. The first-order chi connectivity index (χ1) is 10.4. The molecule has 0 saturated heterocycles. The first-order valence-corrected chi connectivity index (χ1v) is 6.60. The van der Waals surface area contributed by atoms with Gasteiger partial charge in [0.25, 0.3) is 11.9 Å². The standard InChI is InChI=1S/C15H15F4N3/c1-22(2)10-5-3-9(4-6-10)7-8-20-13-11(16)14(18)21-15(19)12(13)17/h3-6H,7-8H2,1-2H3,(H,20,21). The second kappa shape index (κ2) is 6.64. The highest BCUT2D eigenvalue weighted by Crippen LogP contribution is 2.22. The number of hydrogen-bond acceptors (Lipinski definition) is 3. The fourth-order valence-corrected chi connectivity index (χ4v) is 1.93. The van der Waals surface area contributed by atoms with E-state index in [4.69, 9.17) is 0 Å². The van der Waals surface area contributed by atoms with Gasteiger partial charge in [-0.2, -0.15) is 22.5 Å². The predicted molar refractivity (Wildman–Crippen MR) is 77.0 cm³/mol. The molecule has 2 rings (SSSR count). The number of anilines is 2. The molecule has 1 heterocycles. The van der Waals surface area contributed by atoms with Crippen molar-refractivity contribution in [2.24, 2.45) is 0 Å². The van der Waals surface area contributed by atoms with Gasteiger partial charge in [0.15, 0.2) is 0 Å². The third-order valence-electron chi connectivity index (χ3n) is 3.17. The van der Waals surface area contributed by atoms with Gasteiger partial charge in [-0.15, -0.1) is 0 Å². The van der Waals surface area contributed by atoms with Crippen LogP contribution in [0.3, 0.4) is 0 Å². The minimum Gasteiger partial charge on any atom is -0.380 e. The topological polar surface area (TPSA) is 28.2 Å². The molecule has 7 heteroatoms. The number of rotatable bonds is 5. The highest BCUT2D eigenvalue weighted by atomic mass is 19.2. The minimum atomic E-state index is -1.67. The average Bonchev–Trinajstić information content (AvgIpc) is 2.49.